The van der Waals surface area contributed by atoms with Gasteiger partial charge in [0.15, 0.2) is 6.10 Å². The molecule has 0 aromatic rings. The van der Waals surface area contributed by atoms with Gasteiger partial charge in [-0.05, 0) is 72.5 Å². The third-order valence-corrected chi connectivity index (χ3v) is 4.95. The Hall–Kier alpha value is -3.59. The average molecular weight is 541 g/mol. The fourth-order valence-corrected chi connectivity index (χ4v) is 3.08. The van der Waals surface area contributed by atoms with Crippen molar-refractivity contribution in [1.29, 1.82) is 0 Å². The summed E-state index contributed by atoms with van der Waals surface area (Å²) in [6, 6.07) is 0. The molecule has 0 rings (SSSR count). The number of esters is 2. The molecule has 1 atom stereocenters. The van der Waals surface area contributed by atoms with Crippen LogP contribution in [0, 0.1) is 71.0 Å². The number of phosphoric ester groups is 1. The molecule has 0 spiro atoms. The molecule has 8 nitrogen and oxygen atoms in total. The monoisotopic (exact) mass is 540 g/mol. The highest BCUT2D eigenvalue weighted by Gasteiger charge is 2.22. The second-order valence-electron chi connectivity index (χ2n) is 7.70. The molecule has 0 aromatic heterocycles. The number of ether oxygens (including phenoxy) is 2. The minimum absolute atomic E-state index is 0.135. The van der Waals surface area contributed by atoms with Crippen molar-refractivity contribution in [3.05, 3.63) is 0 Å². The molecule has 0 aliphatic rings. The lowest BCUT2D eigenvalue weighted by molar-refractivity contribution is -0.158. The first-order valence-electron chi connectivity index (χ1n) is 12.3. The molecule has 0 saturated carbocycles. The molecular formula is C29H33O8P. The zero-order valence-corrected chi connectivity index (χ0v) is 22.7. The topological polar surface area (TPSA) is 119 Å². The molecule has 0 fully saturated rings. The van der Waals surface area contributed by atoms with E-state index in [1.807, 2.05) is 0 Å². The van der Waals surface area contributed by atoms with Gasteiger partial charge in [0, 0.05) is 12.3 Å². The summed E-state index contributed by atoms with van der Waals surface area (Å²) in [7, 11) is -4.81. The Bertz CT molecular complexity index is 1160. The van der Waals surface area contributed by atoms with Crippen molar-refractivity contribution < 1.29 is 37.9 Å². The quantitative estimate of drug-likeness (QED) is 0.100. The summed E-state index contributed by atoms with van der Waals surface area (Å²) in [5.74, 6) is 27.3. The van der Waals surface area contributed by atoms with Crippen LogP contribution in [0.4, 0.5) is 0 Å². The zero-order chi connectivity index (χ0) is 28.3. The number of unbranched alkanes of at least 4 members (excludes halogenated alkanes) is 8. The Morgan fingerprint density at radius 2 is 1.24 bits per heavy atom. The predicted molar refractivity (Wildman–Crippen MR) is 143 cm³/mol. The van der Waals surface area contributed by atoms with Crippen LogP contribution in [0.5, 0.6) is 0 Å². The van der Waals surface area contributed by atoms with E-state index >= 15 is 0 Å². The normalized spacial score (nSPS) is 9.89. The van der Waals surface area contributed by atoms with E-state index in [1.165, 1.54) is 32.1 Å². The van der Waals surface area contributed by atoms with E-state index in [-0.39, 0.29) is 6.42 Å². The van der Waals surface area contributed by atoms with E-state index in [4.69, 9.17) is 19.3 Å². The molecular weight excluding hydrogens is 507 g/mol. The van der Waals surface area contributed by atoms with Crippen molar-refractivity contribution in [2.45, 2.75) is 84.2 Å². The first kappa shape index (κ1) is 34.4. The van der Waals surface area contributed by atoms with E-state index in [0.29, 0.717) is 6.42 Å². The molecule has 0 bridgehead atoms. The summed E-state index contributed by atoms with van der Waals surface area (Å²) in [6.45, 7) is 2.68. The highest BCUT2D eigenvalue weighted by Crippen LogP contribution is 2.35. The number of hydrogen-bond acceptors (Lipinski definition) is 6. The van der Waals surface area contributed by atoms with E-state index in [0.717, 1.165) is 19.3 Å². The van der Waals surface area contributed by atoms with Gasteiger partial charge in [0.05, 0.1) is 6.61 Å². The number of carbonyl (C=O) groups is 2. The lowest BCUT2D eigenvalue weighted by atomic mass is 10.1. The van der Waals surface area contributed by atoms with Crippen LogP contribution in [0.1, 0.15) is 78.1 Å². The largest absolute Gasteiger partial charge is 0.469 e. The summed E-state index contributed by atoms with van der Waals surface area (Å²) in [6.07, 6.45) is 8.68. The summed E-state index contributed by atoms with van der Waals surface area (Å²) < 4.78 is 25.4. The lowest BCUT2D eigenvalue weighted by Gasteiger charge is -2.17. The van der Waals surface area contributed by atoms with Crippen molar-refractivity contribution >= 4 is 19.8 Å². The Balaban J connectivity index is 4.55. The van der Waals surface area contributed by atoms with Crippen LogP contribution in [-0.4, -0.2) is 41.0 Å². The Morgan fingerprint density at radius 1 is 0.737 bits per heavy atom. The summed E-state index contributed by atoms with van der Waals surface area (Å²) in [4.78, 5) is 41.7. The smallest absolute Gasteiger partial charge is 0.456 e. The van der Waals surface area contributed by atoms with Gasteiger partial charge in [0.25, 0.3) is 0 Å². The third-order valence-electron chi connectivity index (χ3n) is 4.46. The molecule has 9 heteroatoms. The van der Waals surface area contributed by atoms with E-state index in [1.54, 1.807) is 6.92 Å². The fourth-order valence-electron chi connectivity index (χ4n) is 2.72. The number of phosphoric acid groups is 1. The van der Waals surface area contributed by atoms with Crippen molar-refractivity contribution in [2.75, 3.05) is 13.2 Å². The summed E-state index contributed by atoms with van der Waals surface area (Å²) in [5.41, 5.74) is 0. The maximum absolute atomic E-state index is 12.1. The molecule has 0 saturated heterocycles. The Kier molecular flexibility index (Phi) is 21.5. The molecule has 0 aliphatic carbocycles. The van der Waals surface area contributed by atoms with Crippen LogP contribution in [0.2, 0.25) is 0 Å². The van der Waals surface area contributed by atoms with Crippen LogP contribution in [0.25, 0.3) is 0 Å². The SMILES string of the molecule is CC#CC#CC#CC#CC#CC#CC(=O)OC[C@H](COP(=O)(O)O)OC(=O)CCCCCCCCCCC. The molecule has 0 aromatic carbocycles. The van der Waals surface area contributed by atoms with Crippen molar-refractivity contribution in [2.24, 2.45) is 0 Å². The second kappa shape index (κ2) is 23.8. The van der Waals surface area contributed by atoms with Crippen LogP contribution in [-0.2, 0) is 28.2 Å². The van der Waals surface area contributed by atoms with Crippen LogP contribution in [0.3, 0.4) is 0 Å². The molecule has 0 aliphatic heterocycles. The van der Waals surface area contributed by atoms with Gasteiger partial charge in [-0.15, -0.1) is 0 Å². The lowest BCUT2D eigenvalue weighted by Crippen LogP contribution is -2.29. The average Bonchev–Trinajstić information content (AvgIpc) is 2.87. The van der Waals surface area contributed by atoms with Gasteiger partial charge in [0.2, 0.25) is 0 Å². The van der Waals surface area contributed by atoms with Crippen molar-refractivity contribution in [3.8, 4) is 71.0 Å². The highest BCUT2D eigenvalue weighted by molar-refractivity contribution is 7.46. The van der Waals surface area contributed by atoms with Crippen molar-refractivity contribution in [3.63, 3.8) is 0 Å². The van der Waals surface area contributed by atoms with Gasteiger partial charge in [-0.3, -0.25) is 9.32 Å². The van der Waals surface area contributed by atoms with E-state index in [2.05, 4.69) is 82.5 Å². The molecule has 0 unspecified atom stereocenters. The maximum atomic E-state index is 12.1. The summed E-state index contributed by atoms with van der Waals surface area (Å²) >= 11 is 0. The molecule has 202 valence electrons. The highest BCUT2D eigenvalue weighted by atomic mass is 31.2. The second-order valence-corrected chi connectivity index (χ2v) is 8.94. The molecule has 0 amide bonds. The Labute approximate surface area is 226 Å². The molecule has 38 heavy (non-hydrogen) atoms. The van der Waals surface area contributed by atoms with Gasteiger partial charge >= 0.3 is 19.8 Å². The minimum Gasteiger partial charge on any atom is -0.456 e. The third kappa shape index (κ3) is 25.5. The minimum atomic E-state index is -4.81. The first-order chi connectivity index (χ1) is 18.3. The van der Waals surface area contributed by atoms with E-state index in [9.17, 15) is 14.2 Å². The standard InChI is InChI=1S/C29H33O8P/c1-3-5-7-9-11-13-14-16-17-19-21-23-28(30)35-25-27(26-36-38(32,33)34)37-29(31)24-22-20-18-15-12-10-8-6-4-2/h27H,4,6,8,10,12,15,18,20,22,24-26H2,1-2H3,(H2,32,33,34)/t27-/m1/s1. The molecule has 0 heterocycles. The number of hydrogen-bond donors (Lipinski definition) is 2. The van der Waals surface area contributed by atoms with Crippen LogP contribution >= 0.6 is 7.82 Å². The molecule has 0 radical (unpaired) electrons. The predicted octanol–water partition coefficient (Wildman–Crippen LogP) is 3.51. The fraction of sp³-hybridized carbons (Fsp3) is 0.517. The zero-order valence-electron chi connectivity index (χ0n) is 21.9. The first-order valence-corrected chi connectivity index (χ1v) is 13.8. The number of rotatable bonds is 16. The van der Waals surface area contributed by atoms with Gasteiger partial charge in [-0.25, -0.2) is 9.36 Å². The Morgan fingerprint density at radius 3 is 1.76 bits per heavy atom. The summed E-state index contributed by atoms with van der Waals surface area (Å²) in [5, 5.41) is 0. The van der Waals surface area contributed by atoms with Gasteiger partial charge in [-0.1, -0.05) is 64.2 Å². The number of carbonyl (C=O) groups excluding carboxylic acids is 2. The maximum Gasteiger partial charge on any atom is 0.469 e. The van der Waals surface area contributed by atoms with Crippen LogP contribution in [0.15, 0.2) is 0 Å². The van der Waals surface area contributed by atoms with Gasteiger partial charge < -0.3 is 19.3 Å². The van der Waals surface area contributed by atoms with Gasteiger partial charge in [0.1, 0.15) is 6.61 Å². The van der Waals surface area contributed by atoms with Crippen LogP contribution < -0.4 is 0 Å². The molecule has 2 N–H and O–H groups in total. The van der Waals surface area contributed by atoms with E-state index < -0.39 is 39.1 Å². The van der Waals surface area contributed by atoms with Gasteiger partial charge in [-0.2, -0.15) is 0 Å². The van der Waals surface area contributed by atoms with Crippen molar-refractivity contribution in [1.82, 2.24) is 0 Å².